The number of aromatic hydroxyl groups is 1. The molecule has 13 nitrogen and oxygen atoms in total. The number of fused-ring (bicyclic) bond motifs is 1. The molecule has 7 rings (SSSR count). The number of nitrogens with one attached hydrogen (secondary N) is 2. The Kier molecular flexibility index (Phi) is 15.4. The Bertz CT molecular complexity index is 1930. The number of phenolic OH excluding ortho intramolecular Hbond substituents is 1. The van der Waals surface area contributed by atoms with E-state index in [4.69, 9.17) is 25.8 Å². The average Bonchev–Trinajstić information content (AvgIpc) is 3.26. The van der Waals surface area contributed by atoms with Crippen LogP contribution in [-0.4, -0.2) is 127 Å². The lowest BCUT2D eigenvalue weighted by Crippen LogP contribution is -2.58. The van der Waals surface area contributed by atoms with Gasteiger partial charge in [-0.25, -0.2) is 0 Å². The number of hydrogen-bond acceptors (Lipinski definition) is 10. The largest absolute Gasteiger partial charge is 0.506 e. The summed E-state index contributed by atoms with van der Waals surface area (Å²) in [5.41, 5.74) is 3.77. The molecule has 4 aliphatic rings. The second kappa shape index (κ2) is 21.0. The van der Waals surface area contributed by atoms with E-state index in [0.29, 0.717) is 87.4 Å². The first-order valence-electron chi connectivity index (χ1n) is 21.7. The van der Waals surface area contributed by atoms with Gasteiger partial charge in [-0.1, -0.05) is 73.3 Å². The van der Waals surface area contributed by atoms with Crippen molar-refractivity contribution in [3.8, 4) is 11.5 Å². The Morgan fingerprint density at radius 2 is 1.78 bits per heavy atom. The number of aliphatic hydroxyl groups is 1. The number of likely N-dealkylation sites (tertiary alicyclic amines) is 1. The zero-order chi connectivity index (χ0) is 41.9. The molecule has 14 heteroatoms. The third kappa shape index (κ3) is 11.6. The van der Waals surface area contributed by atoms with Crippen molar-refractivity contribution >= 4 is 35.0 Å². The fourth-order valence-corrected chi connectivity index (χ4v) is 9.24. The van der Waals surface area contributed by atoms with Crippen LogP contribution in [0.5, 0.6) is 11.5 Å². The highest BCUT2D eigenvalue weighted by Gasteiger charge is 2.42. The van der Waals surface area contributed by atoms with Gasteiger partial charge in [0.1, 0.15) is 11.4 Å². The molecule has 3 aromatic carbocycles. The van der Waals surface area contributed by atoms with Gasteiger partial charge in [0.2, 0.25) is 5.91 Å². The van der Waals surface area contributed by atoms with Crippen LogP contribution in [0, 0.1) is 0 Å². The molecule has 0 aromatic heterocycles. The Morgan fingerprint density at radius 3 is 2.60 bits per heavy atom. The Hall–Kier alpha value is -4.24. The predicted molar refractivity (Wildman–Crippen MR) is 229 cm³/mol. The van der Waals surface area contributed by atoms with Crippen LogP contribution in [0.25, 0.3) is 0 Å². The molecule has 60 heavy (non-hydrogen) atoms. The molecule has 324 valence electrons. The van der Waals surface area contributed by atoms with E-state index in [2.05, 4.69) is 44.7 Å². The van der Waals surface area contributed by atoms with Crippen LogP contribution in [0.15, 0.2) is 60.7 Å². The molecular formula is C46H60ClN5O8. The quantitative estimate of drug-likeness (QED) is 0.105. The minimum atomic E-state index is -1.25. The number of nitrogens with zero attached hydrogens (tertiary/aromatic N) is 3. The van der Waals surface area contributed by atoms with E-state index >= 15 is 0 Å². The summed E-state index contributed by atoms with van der Waals surface area (Å²) >= 11 is 6.10. The normalized spacial score (nSPS) is 18.7. The topological polar surface area (TPSA) is 153 Å². The number of benzene rings is 3. The van der Waals surface area contributed by atoms with E-state index in [-0.39, 0.29) is 36.1 Å². The van der Waals surface area contributed by atoms with Gasteiger partial charge in [0.05, 0.1) is 31.8 Å². The monoisotopic (exact) mass is 845 g/mol. The number of aliphatic hydroxyl groups excluding tert-OH is 1. The molecule has 3 aromatic rings. The lowest BCUT2D eigenvalue weighted by atomic mass is 9.88. The molecule has 3 amide bonds. The standard InChI is InChI=1S/C46H60ClN5O8/c47-37-9-5-8-36(29-37)43(56)45(57)51-24-27-60-46(32-51)17-21-50(22-18-46)30-34-7-4-6-33(28-34)15-25-58-26-16-41(55)52(38-10-2-1-3-11-38)23-20-48-19-14-35-12-13-39(53)42-44(35)59-31-40(54)49-42/h4-9,12-13,28-29,38,43,48,53,56H,1-3,10-11,14-27,30-32H2,(H,49,54). The van der Waals surface area contributed by atoms with Crippen molar-refractivity contribution in [2.75, 3.05) is 77.6 Å². The van der Waals surface area contributed by atoms with Gasteiger partial charge in [0.15, 0.2) is 18.5 Å². The number of morpholine rings is 1. The van der Waals surface area contributed by atoms with Gasteiger partial charge in [-0.3, -0.25) is 19.3 Å². The van der Waals surface area contributed by atoms with Crippen molar-refractivity contribution in [3.05, 3.63) is 87.9 Å². The summed E-state index contributed by atoms with van der Waals surface area (Å²) in [7, 11) is 0. The van der Waals surface area contributed by atoms with Crippen molar-refractivity contribution in [1.82, 2.24) is 20.0 Å². The number of carbonyl (C=O) groups is 3. The molecule has 1 aliphatic carbocycles. The number of halogens is 1. The summed E-state index contributed by atoms with van der Waals surface area (Å²) < 4.78 is 18.0. The first kappa shape index (κ1) is 43.8. The summed E-state index contributed by atoms with van der Waals surface area (Å²) in [6.45, 7) is 6.74. The Morgan fingerprint density at radius 1 is 0.983 bits per heavy atom. The molecule has 1 spiro atoms. The number of amides is 3. The number of anilines is 1. The molecule has 1 unspecified atom stereocenters. The van der Waals surface area contributed by atoms with Gasteiger partial charge >= 0.3 is 0 Å². The van der Waals surface area contributed by atoms with Gasteiger partial charge < -0.3 is 44.9 Å². The molecular weight excluding hydrogens is 786 g/mol. The average molecular weight is 846 g/mol. The highest BCUT2D eigenvalue weighted by atomic mass is 35.5. The zero-order valence-corrected chi connectivity index (χ0v) is 35.3. The van der Waals surface area contributed by atoms with E-state index in [9.17, 15) is 24.6 Å². The minimum absolute atomic E-state index is 0.0104. The Labute approximate surface area is 358 Å². The summed E-state index contributed by atoms with van der Waals surface area (Å²) in [5.74, 6) is 0.0483. The van der Waals surface area contributed by atoms with Crippen LogP contribution in [0.2, 0.25) is 5.02 Å². The lowest BCUT2D eigenvalue weighted by molar-refractivity contribution is -0.166. The van der Waals surface area contributed by atoms with E-state index in [1.807, 2.05) is 6.07 Å². The van der Waals surface area contributed by atoms with Gasteiger partial charge in [0.25, 0.3) is 11.8 Å². The maximum Gasteiger partial charge on any atom is 0.262 e. The summed E-state index contributed by atoms with van der Waals surface area (Å²) in [6, 6.07) is 19.1. The molecule has 3 aliphatic heterocycles. The number of hydrogen-bond donors (Lipinski definition) is 4. The second-order valence-corrected chi connectivity index (χ2v) is 17.1. The highest BCUT2D eigenvalue weighted by molar-refractivity contribution is 6.30. The van der Waals surface area contributed by atoms with Crippen molar-refractivity contribution < 1.29 is 38.8 Å². The number of carbonyl (C=O) groups excluding carboxylic acids is 3. The molecule has 3 fully saturated rings. The minimum Gasteiger partial charge on any atom is -0.506 e. The van der Waals surface area contributed by atoms with Gasteiger partial charge in [-0.2, -0.15) is 0 Å². The molecule has 1 saturated carbocycles. The molecule has 4 N–H and O–H groups in total. The van der Waals surface area contributed by atoms with Crippen LogP contribution >= 0.6 is 11.6 Å². The molecule has 0 radical (unpaired) electrons. The first-order chi connectivity index (χ1) is 29.2. The van der Waals surface area contributed by atoms with E-state index in [1.165, 1.54) is 17.5 Å². The molecule has 0 bridgehead atoms. The number of ether oxygens (including phenoxy) is 3. The van der Waals surface area contributed by atoms with Crippen LogP contribution in [0.4, 0.5) is 5.69 Å². The smallest absolute Gasteiger partial charge is 0.262 e. The highest BCUT2D eigenvalue weighted by Crippen LogP contribution is 2.39. The van der Waals surface area contributed by atoms with Crippen LogP contribution in [0.3, 0.4) is 0 Å². The van der Waals surface area contributed by atoms with Crippen molar-refractivity contribution in [2.24, 2.45) is 0 Å². The molecule has 2 saturated heterocycles. The zero-order valence-electron chi connectivity index (χ0n) is 34.5. The van der Waals surface area contributed by atoms with Crippen molar-refractivity contribution in [3.63, 3.8) is 0 Å². The van der Waals surface area contributed by atoms with Crippen LogP contribution < -0.4 is 15.4 Å². The summed E-state index contributed by atoms with van der Waals surface area (Å²) in [4.78, 5) is 44.8. The van der Waals surface area contributed by atoms with E-state index in [1.54, 1.807) is 35.2 Å². The van der Waals surface area contributed by atoms with Crippen LogP contribution in [-0.2, 0) is 43.2 Å². The van der Waals surface area contributed by atoms with Gasteiger partial charge in [0, 0.05) is 56.9 Å². The maximum atomic E-state index is 13.5. The first-order valence-corrected chi connectivity index (χ1v) is 22.1. The van der Waals surface area contributed by atoms with Gasteiger partial charge in [-0.15, -0.1) is 0 Å². The van der Waals surface area contributed by atoms with Crippen molar-refractivity contribution in [2.45, 2.75) is 88.5 Å². The Balaban J connectivity index is 0.811. The van der Waals surface area contributed by atoms with E-state index < -0.39 is 11.7 Å². The summed E-state index contributed by atoms with van der Waals surface area (Å²) in [6.07, 6.45) is 7.73. The summed E-state index contributed by atoms with van der Waals surface area (Å²) in [5, 5.41) is 27.6. The van der Waals surface area contributed by atoms with Crippen molar-refractivity contribution in [1.29, 1.82) is 0 Å². The maximum absolute atomic E-state index is 13.5. The van der Waals surface area contributed by atoms with E-state index in [0.717, 1.165) is 70.1 Å². The SMILES string of the molecule is O=C1COc2c(CCNCCN(C(=O)CCOCCc3cccc(CN4CCC5(CC4)CN(C(=O)C(O)c4cccc(Cl)c4)CCO5)c3)C3CCCCC3)ccc(O)c2N1. The fourth-order valence-electron chi connectivity index (χ4n) is 9.05. The van der Waals surface area contributed by atoms with Crippen LogP contribution in [0.1, 0.15) is 79.7 Å². The number of piperidine rings is 1. The lowest BCUT2D eigenvalue weighted by Gasteiger charge is -2.47. The fraction of sp³-hybridized carbons (Fsp3) is 0.543. The second-order valence-electron chi connectivity index (χ2n) is 16.6. The van der Waals surface area contributed by atoms with Gasteiger partial charge in [-0.05, 0) is 85.5 Å². The third-order valence-corrected chi connectivity index (χ3v) is 12.6. The predicted octanol–water partition coefficient (Wildman–Crippen LogP) is 5.25. The number of phenols is 1. The molecule has 3 heterocycles. The molecule has 1 atom stereocenters. The number of rotatable bonds is 17. The third-order valence-electron chi connectivity index (χ3n) is 12.4.